The summed E-state index contributed by atoms with van der Waals surface area (Å²) in [6.45, 7) is 7.56. The number of amides is 2. The number of nitrogens with zero attached hydrogens (tertiary/aromatic N) is 1. The molecule has 0 atom stereocenters. The Morgan fingerprint density at radius 2 is 1.24 bits per heavy atom. The van der Waals surface area contributed by atoms with Gasteiger partial charge in [0.15, 0.2) is 0 Å². The summed E-state index contributed by atoms with van der Waals surface area (Å²) in [7, 11) is 1.94. The first-order chi connectivity index (χ1) is 16.3. The molecule has 180 valence electrons. The summed E-state index contributed by atoms with van der Waals surface area (Å²) in [6, 6.07) is 19.9. The predicted octanol–water partition coefficient (Wildman–Crippen LogP) is 5.63. The lowest BCUT2D eigenvalue weighted by molar-refractivity contribution is 0.127. The van der Waals surface area contributed by atoms with Gasteiger partial charge in [0, 0.05) is 30.3 Å². The molecule has 7 nitrogen and oxygen atoms in total. The minimum atomic E-state index is -0.497. The van der Waals surface area contributed by atoms with Crippen LogP contribution in [0, 0.1) is 0 Å². The van der Waals surface area contributed by atoms with E-state index in [-0.39, 0.29) is 25.3 Å². The number of hydrogen-bond acceptors (Lipinski definition) is 4. The van der Waals surface area contributed by atoms with Gasteiger partial charge in [-0.25, -0.2) is 9.59 Å². The Morgan fingerprint density at radius 1 is 0.765 bits per heavy atom. The van der Waals surface area contributed by atoms with Crippen molar-refractivity contribution < 1.29 is 19.1 Å². The van der Waals surface area contributed by atoms with E-state index in [0.717, 1.165) is 33.6 Å². The zero-order chi connectivity index (χ0) is 24.7. The van der Waals surface area contributed by atoms with Crippen molar-refractivity contribution in [1.82, 2.24) is 15.2 Å². The molecule has 2 amide bonds. The highest BCUT2D eigenvalue weighted by atomic mass is 16.6. The minimum Gasteiger partial charge on any atom is -0.445 e. The fraction of sp³-hybridized carbons (Fsp3) is 0.333. The molecular weight excluding hydrogens is 430 g/mol. The van der Waals surface area contributed by atoms with Gasteiger partial charge in [-0.3, -0.25) is 0 Å². The van der Waals surface area contributed by atoms with E-state index < -0.39 is 12.2 Å². The monoisotopic (exact) mass is 463 g/mol. The van der Waals surface area contributed by atoms with E-state index >= 15 is 0 Å². The smallest absolute Gasteiger partial charge is 0.407 e. The first-order valence-corrected chi connectivity index (χ1v) is 11.5. The second-order valence-corrected chi connectivity index (χ2v) is 8.69. The van der Waals surface area contributed by atoms with Gasteiger partial charge in [-0.15, -0.1) is 0 Å². The molecule has 0 unspecified atom stereocenters. The van der Waals surface area contributed by atoms with Gasteiger partial charge >= 0.3 is 12.2 Å². The molecule has 0 spiro atoms. The summed E-state index contributed by atoms with van der Waals surface area (Å²) in [4.78, 5) is 24.5. The van der Waals surface area contributed by atoms with E-state index in [0.29, 0.717) is 0 Å². The standard InChI is InChI=1S/C27H33N3O4/c1-18(2)28-26(31)33-16-22-23(17-34-27(32)29-19(3)4)30(5)25(21-14-10-7-11-15-21)24(22)20-12-8-6-9-13-20/h6-15,18-19H,16-17H2,1-5H3,(H,28,31)(H,29,32). The summed E-state index contributed by atoms with van der Waals surface area (Å²) in [5.41, 5.74) is 5.44. The van der Waals surface area contributed by atoms with Crippen molar-refractivity contribution in [2.24, 2.45) is 7.05 Å². The van der Waals surface area contributed by atoms with Crippen molar-refractivity contribution in [3.63, 3.8) is 0 Å². The van der Waals surface area contributed by atoms with Crippen LogP contribution in [0.4, 0.5) is 9.59 Å². The zero-order valence-electron chi connectivity index (χ0n) is 20.4. The van der Waals surface area contributed by atoms with Crippen LogP contribution in [0.3, 0.4) is 0 Å². The number of hydrogen-bond donors (Lipinski definition) is 2. The summed E-state index contributed by atoms with van der Waals surface area (Å²) >= 11 is 0. The third-order valence-electron chi connectivity index (χ3n) is 5.24. The molecule has 0 radical (unpaired) electrons. The molecule has 1 aromatic heterocycles. The van der Waals surface area contributed by atoms with Crippen LogP contribution in [0.5, 0.6) is 0 Å². The van der Waals surface area contributed by atoms with Gasteiger partial charge in [0.2, 0.25) is 0 Å². The number of benzene rings is 2. The van der Waals surface area contributed by atoms with Crippen LogP contribution < -0.4 is 10.6 Å². The van der Waals surface area contributed by atoms with Crippen LogP contribution in [0.2, 0.25) is 0 Å². The number of alkyl carbamates (subject to hydrolysis) is 2. The van der Waals surface area contributed by atoms with E-state index in [1.165, 1.54) is 0 Å². The number of ether oxygens (including phenoxy) is 2. The molecule has 0 bridgehead atoms. The van der Waals surface area contributed by atoms with E-state index in [1.807, 2.05) is 100.0 Å². The van der Waals surface area contributed by atoms with Crippen LogP contribution in [-0.4, -0.2) is 28.8 Å². The first kappa shape index (κ1) is 24.9. The lowest BCUT2D eigenvalue weighted by atomic mass is 9.97. The van der Waals surface area contributed by atoms with Gasteiger partial charge in [0.1, 0.15) is 13.2 Å². The van der Waals surface area contributed by atoms with Gasteiger partial charge in [-0.05, 0) is 38.8 Å². The molecule has 0 aliphatic rings. The van der Waals surface area contributed by atoms with Gasteiger partial charge < -0.3 is 24.7 Å². The number of aromatic nitrogens is 1. The summed E-state index contributed by atoms with van der Waals surface area (Å²) < 4.78 is 13.2. The highest BCUT2D eigenvalue weighted by Gasteiger charge is 2.25. The predicted molar refractivity (Wildman–Crippen MR) is 133 cm³/mol. The van der Waals surface area contributed by atoms with Gasteiger partial charge in [-0.1, -0.05) is 60.7 Å². The highest BCUT2D eigenvalue weighted by Crippen LogP contribution is 2.39. The lowest BCUT2D eigenvalue weighted by Crippen LogP contribution is -2.31. The molecule has 3 rings (SSSR count). The second kappa shape index (κ2) is 11.4. The van der Waals surface area contributed by atoms with Crippen LogP contribution >= 0.6 is 0 Å². The normalized spacial score (nSPS) is 10.9. The quantitative estimate of drug-likeness (QED) is 0.454. The molecule has 0 saturated carbocycles. The molecule has 0 fully saturated rings. The molecule has 7 heteroatoms. The molecule has 0 aliphatic heterocycles. The van der Waals surface area contributed by atoms with Crippen molar-refractivity contribution in [2.75, 3.05) is 0 Å². The molecule has 34 heavy (non-hydrogen) atoms. The average molecular weight is 464 g/mol. The highest BCUT2D eigenvalue weighted by molar-refractivity contribution is 5.86. The second-order valence-electron chi connectivity index (χ2n) is 8.69. The van der Waals surface area contributed by atoms with E-state index in [4.69, 9.17) is 9.47 Å². The van der Waals surface area contributed by atoms with Crippen molar-refractivity contribution in [3.8, 4) is 22.4 Å². The third kappa shape index (κ3) is 6.19. The minimum absolute atomic E-state index is 0.0339. The Bertz CT molecular complexity index is 1110. The van der Waals surface area contributed by atoms with Gasteiger partial charge in [-0.2, -0.15) is 0 Å². The summed E-state index contributed by atoms with van der Waals surface area (Å²) in [6.07, 6.45) is -0.994. The van der Waals surface area contributed by atoms with E-state index in [9.17, 15) is 9.59 Å². The van der Waals surface area contributed by atoms with Crippen LogP contribution in [0.1, 0.15) is 39.0 Å². The Hall–Kier alpha value is -3.74. The molecule has 0 aliphatic carbocycles. The first-order valence-electron chi connectivity index (χ1n) is 11.5. The Morgan fingerprint density at radius 3 is 1.74 bits per heavy atom. The van der Waals surface area contributed by atoms with Crippen molar-refractivity contribution in [2.45, 2.75) is 53.0 Å². The van der Waals surface area contributed by atoms with Gasteiger partial charge in [0.25, 0.3) is 0 Å². The zero-order valence-corrected chi connectivity index (χ0v) is 20.4. The average Bonchev–Trinajstić information content (AvgIpc) is 3.07. The van der Waals surface area contributed by atoms with E-state index in [2.05, 4.69) is 10.6 Å². The molecule has 3 aromatic rings. The number of rotatable bonds is 8. The fourth-order valence-electron chi connectivity index (χ4n) is 3.81. The van der Waals surface area contributed by atoms with Crippen molar-refractivity contribution in [1.29, 1.82) is 0 Å². The lowest BCUT2D eigenvalue weighted by Gasteiger charge is -2.13. The van der Waals surface area contributed by atoms with Crippen molar-refractivity contribution in [3.05, 3.63) is 71.9 Å². The van der Waals surface area contributed by atoms with E-state index in [1.54, 1.807) is 0 Å². The number of carbonyl (C=O) groups excluding carboxylic acids is 2. The van der Waals surface area contributed by atoms with Crippen LogP contribution in [-0.2, 0) is 29.7 Å². The maximum Gasteiger partial charge on any atom is 0.407 e. The topological polar surface area (TPSA) is 81.6 Å². The SMILES string of the molecule is CC(C)NC(=O)OCc1c(-c2ccccc2)c(-c2ccccc2)n(C)c1COC(=O)NC(C)C. The Kier molecular flexibility index (Phi) is 8.35. The Balaban J connectivity index is 2.11. The third-order valence-corrected chi connectivity index (χ3v) is 5.24. The van der Waals surface area contributed by atoms with Gasteiger partial charge in [0.05, 0.1) is 11.4 Å². The summed E-state index contributed by atoms with van der Waals surface area (Å²) in [5, 5.41) is 5.50. The van der Waals surface area contributed by atoms with Crippen LogP contribution in [0.15, 0.2) is 60.7 Å². The molecular formula is C27H33N3O4. The molecule has 1 heterocycles. The number of carbonyl (C=O) groups is 2. The maximum atomic E-state index is 12.3. The largest absolute Gasteiger partial charge is 0.445 e. The molecule has 2 aromatic carbocycles. The van der Waals surface area contributed by atoms with Crippen LogP contribution in [0.25, 0.3) is 22.4 Å². The van der Waals surface area contributed by atoms with Crippen molar-refractivity contribution >= 4 is 12.2 Å². The molecule has 2 N–H and O–H groups in total. The number of nitrogens with one attached hydrogen (secondary N) is 2. The fourth-order valence-corrected chi connectivity index (χ4v) is 3.81. The molecule has 0 saturated heterocycles. The Labute approximate surface area is 201 Å². The summed E-state index contributed by atoms with van der Waals surface area (Å²) in [5.74, 6) is 0. The maximum absolute atomic E-state index is 12.3.